The molecule has 0 aromatic carbocycles. The number of hydrogen-bond acceptors (Lipinski definition) is 3. The third-order valence-corrected chi connectivity index (χ3v) is 3.54. The number of rotatable bonds is 6. The lowest BCUT2D eigenvalue weighted by Gasteiger charge is -2.18. The molecule has 18 heavy (non-hydrogen) atoms. The van der Waals surface area contributed by atoms with Crippen LogP contribution in [0.4, 0.5) is 0 Å². The van der Waals surface area contributed by atoms with Crippen LogP contribution in [0.1, 0.15) is 46.5 Å². The normalized spacial score (nSPS) is 26.6. The zero-order chi connectivity index (χ0) is 13.7. The van der Waals surface area contributed by atoms with Crippen LogP contribution in [0.25, 0.3) is 0 Å². The zero-order valence-electron chi connectivity index (χ0n) is 11.3. The molecule has 104 valence electrons. The maximum Gasteiger partial charge on any atom is 0.308 e. The Bertz CT molecular complexity index is 305. The van der Waals surface area contributed by atoms with Gasteiger partial charge < -0.3 is 15.2 Å². The fourth-order valence-electron chi connectivity index (χ4n) is 2.05. The van der Waals surface area contributed by atoms with Gasteiger partial charge in [0, 0.05) is 12.5 Å². The summed E-state index contributed by atoms with van der Waals surface area (Å²) in [5.74, 6) is -1.56. The van der Waals surface area contributed by atoms with Gasteiger partial charge in [0.15, 0.2) is 0 Å². The van der Waals surface area contributed by atoms with Crippen molar-refractivity contribution in [3.63, 3.8) is 0 Å². The standard InChI is InChI=1S/C13H23NO4/c1-8-4-5-11(18-8)6-7-12(15)14-10(3)9(2)13(16)17/h8-11H,4-7H2,1-3H3,(H,14,15)(H,16,17). The van der Waals surface area contributed by atoms with Crippen LogP contribution in [0, 0.1) is 5.92 Å². The molecule has 4 atom stereocenters. The highest BCUT2D eigenvalue weighted by Gasteiger charge is 2.24. The second-order valence-electron chi connectivity index (χ2n) is 5.17. The van der Waals surface area contributed by atoms with Gasteiger partial charge in [0.1, 0.15) is 0 Å². The van der Waals surface area contributed by atoms with E-state index in [2.05, 4.69) is 5.32 Å². The number of nitrogens with one attached hydrogen (secondary N) is 1. The molecule has 5 nitrogen and oxygen atoms in total. The highest BCUT2D eigenvalue weighted by molar-refractivity contribution is 5.77. The van der Waals surface area contributed by atoms with E-state index in [1.54, 1.807) is 13.8 Å². The minimum atomic E-state index is -0.893. The molecule has 0 aromatic heterocycles. The van der Waals surface area contributed by atoms with Crippen molar-refractivity contribution in [3.05, 3.63) is 0 Å². The first-order chi connectivity index (χ1) is 8.40. The van der Waals surface area contributed by atoms with Crippen molar-refractivity contribution in [3.8, 4) is 0 Å². The number of carboxylic acid groups (broad SMARTS) is 1. The molecule has 1 fully saturated rings. The van der Waals surface area contributed by atoms with Crippen molar-refractivity contribution in [1.82, 2.24) is 5.32 Å². The van der Waals surface area contributed by atoms with Gasteiger partial charge in [-0.15, -0.1) is 0 Å². The molecule has 1 amide bonds. The van der Waals surface area contributed by atoms with E-state index in [0.717, 1.165) is 12.8 Å². The summed E-state index contributed by atoms with van der Waals surface area (Å²) in [5, 5.41) is 11.5. The Morgan fingerprint density at radius 2 is 2.06 bits per heavy atom. The summed E-state index contributed by atoms with van der Waals surface area (Å²) in [5.41, 5.74) is 0. The molecule has 5 heteroatoms. The predicted molar refractivity (Wildman–Crippen MR) is 67.2 cm³/mol. The summed E-state index contributed by atoms with van der Waals surface area (Å²) in [4.78, 5) is 22.4. The van der Waals surface area contributed by atoms with E-state index in [1.807, 2.05) is 6.92 Å². The van der Waals surface area contributed by atoms with Gasteiger partial charge in [-0.05, 0) is 40.0 Å². The van der Waals surface area contributed by atoms with Crippen LogP contribution in [0.3, 0.4) is 0 Å². The lowest BCUT2D eigenvalue weighted by molar-refractivity contribution is -0.142. The summed E-state index contributed by atoms with van der Waals surface area (Å²) >= 11 is 0. The maximum absolute atomic E-state index is 11.7. The van der Waals surface area contributed by atoms with Gasteiger partial charge in [-0.25, -0.2) is 0 Å². The summed E-state index contributed by atoms with van der Waals surface area (Å²) in [6.45, 7) is 5.34. The fraction of sp³-hybridized carbons (Fsp3) is 0.846. The summed E-state index contributed by atoms with van der Waals surface area (Å²) in [6.07, 6.45) is 3.65. The van der Waals surface area contributed by atoms with Crippen LogP contribution in [0.5, 0.6) is 0 Å². The number of aliphatic carboxylic acids is 1. The molecule has 0 spiro atoms. The lowest BCUT2D eigenvalue weighted by atomic mass is 10.0. The van der Waals surface area contributed by atoms with Gasteiger partial charge in [0.05, 0.1) is 18.1 Å². The second kappa shape index (κ2) is 6.73. The fourth-order valence-corrected chi connectivity index (χ4v) is 2.05. The van der Waals surface area contributed by atoms with Crippen molar-refractivity contribution < 1.29 is 19.4 Å². The highest BCUT2D eigenvalue weighted by Crippen LogP contribution is 2.22. The summed E-state index contributed by atoms with van der Waals surface area (Å²) < 4.78 is 5.63. The van der Waals surface area contributed by atoms with E-state index in [1.165, 1.54) is 0 Å². The topological polar surface area (TPSA) is 75.6 Å². The molecular formula is C13H23NO4. The van der Waals surface area contributed by atoms with Crippen LogP contribution in [-0.4, -0.2) is 35.2 Å². The average molecular weight is 257 g/mol. The van der Waals surface area contributed by atoms with Crippen molar-refractivity contribution in [2.24, 2.45) is 5.92 Å². The van der Waals surface area contributed by atoms with Crippen LogP contribution in [-0.2, 0) is 14.3 Å². The molecule has 2 N–H and O–H groups in total. The molecule has 1 aliphatic heterocycles. The van der Waals surface area contributed by atoms with Gasteiger partial charge in [-0.1, -0.05) is 0 Å². The third-order valence-electron chi connectivity index (χ3n) is 3.54. The van der Waals surface area contributed by atoms with Gasteiger partial charge in [0.25, 0.3) is 0 Å². The van der Waals surface area contributed by atoms with E-state index in [-0.39, 0.29) is 18.1 Å². The predicted octanol–water partition coefficient (Wildman–Crippen LogP) is 1.56. The van der Waals surface area contributed by atoms with Crippen LogP contribution < -0.4 is 5.32 Å². The summed E-state index contributed by atoms with van der Waals surface area (Å²) in [6, 6.07) is -0.349. The van der Waals surface area contributed by atoms with Crippen molar-refractivity contribution in [2.75, 3.05) is 0 Å². The number of carboxylic acids is 1. The van der Waals surface area contributed by atoms with E-state index in [0.29, 0.717) is 18.9 Å². The molecule has 1 aliphatic rings. The van der Waals surface area contributed by atoms with Crippen molar-refractivity contribution in [1.29, 1.82) is 0 Å². The van der Waals surface area contributed by atoms with E-state index >= 15 is 0 Å². The molecular weight excluding hydrogens is 234 g/mol. The Labute approximate surface area is 108 Å². The Hall–Kier alpha value is -1.10. The molecule has 1 heterocycles. The van der Waals surface area contributed by atoms with Crippen LogP contribution in [0.15, 0.2) is 0 Å². The third kappa shape index (κ3) is 4.64. The first kappa shape index (κ1) is 15.0. The molecule has 0 aliphatic carbocycles. The number of carbonyl (C=O) groups is 2. The van der Waals surface area contributed by atoms with Crippen LogP contribution in [0.2, 0.25) is 0 Å². The molecule has 1 rings (SSSR count). The van der Waals surface area contributed by atoms with E-state index in [9.17, 15) is 9.59 Å². The molecule has 0 radical (unpaired) electrons. The number of carbonyl (C=O) groups excluding carboxylic acids is 1. The smallest absolute Gasteiger partial charge is 0.308 e. The molecule has 0 bridgehead atoms. The number of ether oxygens (including phenoxy) is 1. The summed E-state index contributed by atoms with van der Waals surface area (Å²) in [7, 11) is 0. The molecule has 1 saturated heterocycles. The molecule has 4 unspecified atom stereocenters. The monoisotopic (exact) mass is 257 g/mol. The first-order valence-electron chi connectivity index (χ1n) is 6.57. The van der Waals surface area contributed by atoms with E-state index in [4.69, 9.17) is 9.84 Å². The van der Waals surface area contributed by atoms with Crippen molar-refractivity contribution in [2.45, 2.75) is 64.7 Å². The lowest BCUT2D eigenvalue weighted by Crippen LogP contribution is -2.40. The van der Waals surface area contributed by atoms with Gasteiger partial charge in [0.2, 0.25) is 5.91 Å². The largest absolute Gasteiger partial charge is 0.481 e. The second-order valence-corrected chi connectivity index (χ2v) is 5.17. The van der Waals surface area contributed by atoms with E-state index < -0.39 is 11.9 Å². The molecule has 0 saturated carbocycles. The maximum atomic E-state index is 11.7. The quantitative estimate of drug-likeness (QED) is 0.757. The van der Waals surface area contributed by atoms with Gasteiger partial charge in [-0.3, -0.25) is 9.59 Å². The Morgan fingerprint density at radius 1 is 1.39 bits per heavy atom. The minimum absolute atomic E-state index is 0.0984. The van der Waals surface area contributed by atoms with Crippen molar-refractivity contribution >= 4 is 11.9 Å². The minimum Gasteiger partial charge on any atom is -0.481 e. The number of amides is 1. The van der Waals surface area contributed by atoms with Gasteiger partial charge >= 0.3 is 5.97 Å². The highest BCUT2D eigenvalue weighted by atomic mass is 16.5. The number of hydrogen-bond donors (Lipinski definition) is 2. The van der Waals surface area contributed by atoms with Crippen LogP contribution >= 0.6 is 0 Å². The zero-order valence-corrected chi connectivity index (χ0v) is 11.3. The molecule has 0 aromatic rings. The Kier molecular flexibility index (Phi) is 5.59. The Balaban J connectivity index is 2.23. The Morgan fingerprint density at radius 3 is 2.56 bits per heavy atom. The average Bonchev–Trinajstić information content (AvgIpc) is 2.71. The SMILES string of the molecule is CC1CCC(CCC(=O)NC(C)C(C)C(=O)O)O1. The first-order valence-corrected chi connectivity index (χ1v) is 6.57. The van der Waals surface area contributed by atoms with Gasteiger partial charge in [-0.2, -0.15) is 0 Å².